The molecule has 0 spiro atoms. The van der Waals surface area contributed by atoms with Crippen molar-refractivity contribution in [1.29, 1.82) is 0 Å². The van der Waals surface area contributed by atoms with E-state index in [1.54, 1.807) is 6.20 Å². The third kappa shape index (κ3) is 1.66. The normalized spacial score (nSPS) is 21.2. The number of halogens is 1. The highest BCUT2D eigenvalue weighted by Gasteiger charge is 2.26. The van der Waals surface area contributed by atoms with Crippen molar-refractivity contribution in [2.24, 2.45) is 0 Å². The predicted molar refractivity (Wildman–Crippen MR) is 56.7 cm³/mol. The van der Waals surface area contributed by atoms with Crippen LogP contribution >= 0.6 is 15.9 Å². The van der Waals surface area contributed by atoms with Crippen molar-refractivity contribution in [3.8, 4) is 0 Å². The van der Waals surface area contributed by atoms with Crippen molar-refractivity contribution in [3.63, 3.8) is 0 Å². The quantitative estimate of drug-likeness (QED) is 0.599. The molecule has 1 aromatic rings. The molecule has 4 heteroatoms. The van der Waals surface area contributed by atoms with E-state index in [-0.39, 0.29) is 6.04 Å². The van der Waals surface area contributed by atoms with Gasteiger partial charge in [-0.15, -0.1) is 0 Å². The third-order valence-corrected chi connectivity index (χ3v) is 3.24. The van der Waals surface area contributed by atoms with Crippen molar-refractivity contribution in [1.82, 2.24) is 9.88 Å². The number of carbonyl (C=O) groups excluding carboxylic acids is 1. The molecule has 2 heterocycles. The number of pyridine rings is 1. The molecule has 0 bridgehead atoms. The standard InChI is InChI=1S/C10H11BrN2O/c11-10-8(3-1-5-12-10)9-4-2-6-13(9)7-14/h1,3,5,7,9H,2,4,6H2/t9-/m1/s1. The zero-order chi connectivity index (χ0) is 9.97. The molecule has 0 saturated carbocycles. The van der Waals surface area contributed by atoms with Gasteiger partial charge in [-0.25, -0.2) is 4.98 Å². The molecule has 0 radical (unpaired) electrons. The first kappa shape index (κ1) is 9.65. The van der Waals surface area contributed by atoms with Gasteiger partial charge in [-0.3, -0.25) is 4.79 Å². The average Bonchev–Trinajstić information content (AvgIpc) is 2.66. The molecular formula is C10H11BrN2O. The Labute approximate surface area is 91.3 Å². The van der Waals surface area contributed by atoms with Gasteiger partial charge in [0, 0.05) is 18.3 Å². The van der Waals surface area contributed by atoms with Crippen molar-refractivity contribution in [2.75, 3.05) is 6.54 Å². The van der Waals surface area contributed by atoms with Gasteiger partial charge in [0.25, 0.3) is 0 Å². The number of amides is 1. The van der Waals surface area contributed by atoms with Crippen molar-refractivity contribution < 1.29 is 4.79 Å². The first-order valence-corrected chi connectivity index (χ1v) is 5.43. The number of nitrogens with zero attached hydrogens (tertiary/aromatic N) is 2. The third-order valence-electron chi connectivity index (χ3n) is 2.58. The van der Waals surface area contributed by atoms with Crippen LogP contribution in [-0.4, -0.2) is 22.8 Å². The summed E-state index contributed by atoms with van der Waals surface area (Å²) in [6.07, 6.45) is 4.78. The number of likely N-dealkylation sites (tertiary alicyclic amines) is 1. The second-order valence-electron chi connectivity index (χ2n) is 3.38. The van der Waals surface area contributed by atoms with Crippen LogP contribution in [0.25, 0.3) is 0 Å². The Morgan fingerprint density at radius 1 is 1.64 bits per heavy atom. The number of hydrogen-bond acceptors (Lipinski definition) is 2. The number of hydrogen-bond donors (Lipinski definition) is 0. The topological polar surface area (TPSA) is 33.2 Å². The predicted octanol–water partition coefficient (Wildman–Crippen LogP) is 2.14. The van der Waals surface area contributed by atoms with Crippen LogP contribution in [0, 0.1) is 0 Å². The van der Waals surface area contributed by atoms with Crippen LogP contribution in [0.4, 0.5) is 0 Å². The van der Waals surface area contributed by atoms with E-state index in [0.29, 0.717) is 0 Å². The molecule has 1 aliphatic rings. The fraction of sp³-hybridized carbons (Fsp3) is 0.400. The molecule has 1 fully saturated rings. The fourth-order valence-electron chi connectivity index (χ4n) is 1.90. The zero-order valence-corrected chi connectivity index (χ0v) is 9.27. The van der Waals surface area contributed by atoms with Gasteiger partial charge < -0.3 is 4.90 Å². The Kier molecular flexibility index (Phi) is 2.82. The van der Waals surface area contributed by atoms with E-state index in [2.05, 4.69) is 20.9 Å². The smallest absolute Gasteiger partial charge is 0.210 e. The highest BCUT2D eigenvalue weighted by Crippen LogP contribution is 2.33. The largest absolute Gasteiger partial charge is 0.338 e. The lowest BCUT2D eigenvalue weighted by atomic mass is 10.1. The highest BCUT2D eigenvalue weighted by atomic mass is 79.9. The van der Waals surface area contributed by atoms with E-state index < -0.39 is 0 Å². The minimum Gasteiger partial charge on any atom is -0.338 e. The van der Waals surface area contributed by atoms with E-state index in [1.165, 1.54) is 0 Å². The lowest BCUT2D eigenvalue weighted by Crippen LogP contribution is -2.21. The Balaban J connectivity index is 2.30. The Hall–Kier alpha value is -0.900. The second kappa shape index (κ2) is 4.09. The van der Waals surface area contributed by atoms with Gasteiger partial charge in [0.05, 0.1) is 6.04 Å². The Morgan fingerprint density at radius 3 is 3.21 bits per heavy atom. The van der Waals surface area contributed by atoms with E-state index in [1.807, 2.05) is 17.0 Å². The van der Waals surface area contributed by atoms with E-state index in [9.17, 15) is 4.79 Å². The maximum absolute atomic E-state index is 10.8. The molecule has 0 aliphatic carbocycles. The summed E-state index contributed by atoms with van der Waals surface area (Å²) in [5, 5.41) is 0. The maximum Gasteiger partial charge on any atom is 0.210 e. The summed E-state index contributed by atoms with van der Waals surface area (Å²) < 4.78 is 0.846. The van der Waals surface area contributed by atoms with Gasteiger partial charge in [-0.05, 0) is 34.8 Å². The highest BCUT2D eigenvalue weighted by molar-refractivity contribution is 9.10. The van der Waals surface area contributed by atoms with Crippen LogP contribution in [0.5, 0.6) is 0 Å². The summed E-state index contributed by atoms with van der Waals surface area (Å²) in [7, 11) is 0. The first-order chi connectivity index (χ1) is 6.83. The zero-order valence-electron chi connectivity index (χ0n) is 7.69. The van der Waals surface area contributed by atoms with E-state index >= 15 is 0 Å². The van der Waals surface area contributed by atoms with Gasteiger partial charge in [0.1, 0.15) is 4.60 Å². The summed E-state index contributed by atoms with van der Waals surface area (Å²) >= 11 is 3.41. The summed E-state index contributed by atoms with van der Waals surface area (Å²) in [6, 6.07) is 4.13. The van der Waals surface area contributed by atoms with E-state index in [0.717, 1.165) is 36.0 Å². The molecule has 1 amide bonds. The molecule has 1 atom stereocenters. The Bertz CT molecular complexity index is 343. The van der Waals surface area contributed by atoms with Gasteiger partial charge in [-0.1, -0.05) is 6.07 Å². The molecule has 0 N–H and O–H groups in total. The summed E-state index contributed by atoms with van der Waals surface area (Å²) in [4.78, 5) is 16.8. The minimum absolute atomic E-state index is 0.204. The second-order valence-corrected chi connectivity index (χ2v) is 4.14. The Morgan fingerprint density at radius 2 is 2.50 bits per heavy atom. The molecule has 14 heavy (non-hydrogen) atoms. The first-order valence-electron chi connectivity index (χ1n) is 4.64. The monoisotopic (exact) mass is 254 g/mol. The fourth-order valence-corrected chi connectivity index (χ4v) is 2.41. The lowest BCUT2D eigenvalue weighted by Gasteiger charge is -2.20. The number of aromatic nitrogens is 1. The van der Waals surface area contributed by atoms with Crippen LogP contribution in [-0.2, 0) is 4.79 Å². The van der Waals surface area contributed by atoms with Gasteiger partial charge in [0.15, 0.2) is 0 Å². The number of carbonyl (C=O) groups is 1. The molecule has 2 rings (SSSR count). The summed E-state index contributed by atoms with van der Waals surface area (Å²) in [5.41, 5.74) is 1.11. The molecule has 1 aliphatic heterocycles. The molecule has 0 unspecified atom stereocenters. The van der Waals surface area contributed by atoms with Gasteiger partial charge in [0.2, 0.25) is 6.41 Å². The molecule has 0 aromatic carbocycles. The van der Waals surface area contributed by atoms with Crippen molar-refractivity contribution in [2.45, 2.75) is 18.9 Å². The van der Waals surface area contributed by atoms with Gasteiger partial charge in [-0.2, -0.15) is 0 Å². The molecular weight excluding hydrogens is 244 g/mol. The van der Waals surface area contributed by atoms with Crippen LogP contribution in [0.2, 0.25) is 0 Å². The minimum atomic E-state index is 0.204. The molecule has 3 nitrogen and oxygen atoms in total. The van der Waals surface area contributed by atoms with Crippen LogP contribution in [0.1, 0.15) is 24.4 Å². The average molecular weight is 255 g/mol. The molecule has 1 aromatic heterocycles. The van der Waals surface area contributed by atoms with E-state index in [4.69, 9.17) is 0 Å². The van der Waals surface area contributed by atoms with Crippen LogP contribution in [0.15, 0.2) is 22.9 Å². The maximum atomic E-state index is 10.8. The van der Waals surface area contributed by atoms with Gasteiger partial charge >= 0.3 is 0 Å². The SMILES string of the molecule is O=CN1CCC[C@@H]1c1cccnc1Br. The molecule has 1 saturated heterocycles. The molecule has 74 valence electrons. The van der Waals surface area contributed by atoms with Crippen LogP contribution < -0.4 is 0 Å². The lowest BCUT2D eigenvalue weighted by molar-refractivity contribution is -0.118. The van der Waals surface area contributed by atoms with Crippen LogP contribution in [0.3, 0.4) is 0 Å². The summed E-state index contributed by atoms with van der Waals surface area (Å²) in [5.74, 6) is 0. The summed E-state index contributed by atoms with van der Waals surface area (Å²) in [6.45, 7) is 0.857. The number of rotatable bonds is 2. The van der Waals surface area contributed by atoms with Crippen molar-refractivity contribution in [3.05, 3.63) is 28.5 Å². The van der Waals surface area contributed by atoms with Crippen molar-refractivity contribution >= 4 is 22.3 Å².